The van der Waals surface area contributed by atoms with Crippen LogP contribution in [0.25, 0.3) is 0 Å². The smallest absolute Gasteiger partial charge is 0.356 e. The molecule has 2 aromatic rings. The SMILES string of the molecule is COC(=O)c1ccc(C(=O)Nc2ccc(F)cc2C(=O)N(C)C)cn1. The van der Waals surface area contributed by atoms with E-state index in [1.165, 1.54) is 50.5 Å². The highest BCUT2D eigenvalue weighted by atomic mass is 19.1. The Labute approximate surface area is 143 Å². The number of aromatic nitrogens is 1. The number of nitrogens with zero attached hydrogens (tertiary/aromatic N) is 2. The molecular weight excluding hydrogens is 329 g/mol. The van der Waals surface area contributed by atoms with Gasteiger partial charge in [-0.1, -0.05) is 0 Å². The van der Waals surface area contributed by atoms with E-state index in [2.05, 4.69) is 15.0 Å². The summed E-state index contributed by atoms with van der Waals surface area (Å²) in [6.07, 6.45) is 1.21. The molecule has 0 saturated carbocycles. The first-order chi connectivity index (χ1) is 11.8. The molecule has 0 spiro atoms. The lowest BCUT2D eigenvalue weighted by Crippen LogP contribution is -2.24. The van der Waals surface area contributed by atoms with Gasteiger partial charge in [0.1, 0.15) is 11.5 Å². The predicted octanol–water partition coefficient (Wildman–Crippen LogP) is 1.96. The van der Waals surface area contributed by atoms with Crippen molar-refractivity contribution < 1.29 is 23.5 Å². The first kappa shape index (κ1) is 18.1. The van der Waals surface area contributed by atoms with Crippen molar-refractivity contribution in [3.8, 4) is 0 Å². The minimum Gasteiger partial charge on any atom is -0.464 e. The van der Waals surface area contributed by atoms with Crippen molar-refractivity contribution in [2.24, 2.45) is 0 Å². The van der Waals surface area contributed by atoms with Crippen LogP contribution in [-0.2, 0) is 4.74 Å². The molecule has 0 saturated heterocycles. The largest absolute Gasteiger partial charge is 0.464 e. The summed E-state index contributed by atoms with van der Waals surface area (Å²) in [6.45, 7) is 0. The molecule has 0 bridgehead atoms. The first-order valence-corrected chi connectivity index (χ1v) is 7.20. The maximum atomic E-state index is 13.4. The number of benzene rings is 1. The van der Waals surface area contributed by atoms with E-state index in [4.69, 9.17) is 0 Å². The number of ether oxygens (including phenoxy) is 1. The third-order valence-electron chi connectivity index (χ3n) is 3.29. The zero-order valence-electron chi connectivity index (χ0n) is 13.9. The van der Waals surface area contributed by atoms with Crippen LogP contribution in [0.2, 0.25) is 0 Å². The van der Waals surface area contributed by atoms with Crippen LogP contribution < -0.4 is 5.32 Å². The van der Waals surface area contributed by atoms with E-state index < -0.39 is 23.6 Å². The molecule has 1 aromatic carbocycles. The Bertz CT molecular complexity index is 819. The zero-order chi connectivity index (χ0) is 18.6. The molecule has 2 amide bonds. The van der Waals surface area contributed by atoms with Gasteiger partial charge in [0.25, 0.3) is 11.8 Å². The molecule has 7 nitrogen and oxygen atoms in total. The second-order valence-corrected chi connectivity index (χ2v) is 5.27. The maximum absolute atomic E-state index is 13.4. The average Bonchev–Trinajstić information content (AvgIpc) is 2.61. The number of esters is 1. The number of hydrogen-bond acceptors (Lipinski definition) is 5. The van der Waals surface area contributed by atoms with Crippen molar-refractivity contribution >= 4 is 23.5 Å². The van der Waals surface area contributed by atoms with Crippen molar-refractivity contribution in [3.05, 3.63) is 59.2 Å². The van der Waals surface area contributed by atoms with Crippen LogP contribution in [0.15, 0.2) is 36.5 Å². The summed E-state index contributed by atoms with van der Waals surface area (Å²) in [5.41, 5.74) is 0.421. The van der Waals surface area contributed by atoms with Crippen LogP contribution in [0.5, 0.6) is 0 Å². The van der Waals surface area contributed by atoms with Gasteiger partial charge >= 0.3 is 5.97 Å². The standard InChI is InChI=1S/C17H16FN3O4/c1-21(2)16(23)12-8-11(18)5-7-13(12)20-15(22)10-4-6-14(19-9-10)17(24)25-3/h4-9H,1-3H3,(H,20,22). The van der Waals surface area contributed by atoms with Crippen LogP contribution in [0.4, 0.5) is 10.1 Å². The molecule has 130 valence electrons. The van der Waals surface area contributed by atoms with Crippen molar-refractivity contribution in [1.29, 1.82) is 0 Å². The number of pyridine rings is 1. The van der Waals surface area contributed by atoms with E-state index in [0.29, 0.717) is 0 Å². The Morgan fingerprint density at radius 2 is 1.88 bits per heavy atom. The van der Waals surface area contributed by atoms with Crippen molar-refractivity contribution in [2.45, 2.75) is 0 Å². The van der Waals surface area contributed by atoms with E-state index in [1.807, 2.05) is 0 Å². The van der Waals surface area contributed by atoms with Crippen LogP contribution in [0.3, 0.4) is 0 Å². The van der Waals surface area contributed by atoms with Crippen molar-refractivity contribution in [1.82, 2.24) is 9.88 Å². The summed E-state index contributed by atoms with van der Waals surface area (Å²) >= 11 is 0. The number of nitrogens with one attached hydrogen (secondary N) is 1. The molecular formula is C17H16FN3O4. The Hall–Kier alpha value is -3.29. The third kappa shape index (κ3) is 4.17. The quantitative estimate of drug-likeness (QED) is 0.856. The van der Waals surface area contributed by atoms with Crippen LogP contribution >= 0.6 is 0 Å². The molecule has 1 N–H and O–H groups in total. The molecule has 2 rings (SSSR count). The number of rotatable bonds is 4. The summed E-state index contributed by atoms with van der Waals surface area (Å²) in [7, 11) is 4.27. The predicted molar refractivity (Wildman–Crippen MR) is 87.9 cm³/mol. The number of halogens is 1. The first-order valence-electron chi connectivity index (χ1n) is 7.20. The molecule has 0 fully saturated rings. The van der Waals surface area contributed by atoms with Gasteiger partial charge in [-0.25, -0.2) is 14.2 Å². The van der Waals surface area contributed by atoms with Gasteiger partial charge in [0.05, 0.1) is 23.9 Å². The summed E-state index contributed by atoms with van der Waals surface area (Å²) in [5, 5.41) is 2.54. The minimum absolute atomic E-state index is 0.0255. The summed E-state index contributed by atoms with van der Waals surface area (Å²) < 4.78 is 18.0. The topological polar surface area (TPSA) is 88.6 Å². The van der Waals surface area contributed by atoms with Crippen LogP contribution in [0.1, 0.15) is 31.2 Å². The van der Waals surface area contributed by atoms with Gasteiger partial charge in [0.15, 0.2) is 0 Å². The van der Waals surface area contributed by atoms with Gasteiger partial charge in [-0.05, 0) is 30.3 Å². The van der Waals surface area contributed by atoms with Gasteiger partial charge in [0.2, 0.25) is 0 Å². The number of anilines is 1. The lowest BCUT2D eigenvalue weighted by molar-refractivity contribution is 0.0593. The molecule has 0 aliphatic carbocycles. The van der Waals surface area contributed by atoms with Gasteiger partial charge in [0, 0.05) is 20.3 Å². The number of hydrogen-bond donors (Lipinski definition) is 1. The van der Waals surface area contributed by atoms with E-state index in [-0.39, 0.29) is 22.5 Å². The van der Waals surface area contributed by atoms with Gasteiger partial charge in [-0.3, -0.25) is 9.59 Å². The van der Waals surface area contributed by atoms with Crippen LogP contribution in [0, 0.1) is 5.82 Å². The molecule has 0 atom stereocenters. The van der Waals surface area contributed by atoms with Crippen LogP contribution in [-0.4, -0.2) is 48.9 Å². The monoisotopic (exact) mass is 345 g/mol. The normalized spacial score (nSPS) is 10.1. The van der Waals surface area contributed by atoms with E-state index in [1.54, 1.807) is 0 Å². The Morgan fingerprint density at radius 1 is 1.16 bits per heavy atom. The van der Waals surface area contributed by atoms with Crippen molar-refractivity contribution in [3.63, 3.8) is 0 Å². The minimum atomic E-state index is -0.621. The maximum Gasteiger partial charge on any atom is 0.356 e. The molecule has 0 unspecified atom stereocenters. The second kappa shape index (κ2) is 7.52. The molecule has 8 heteroatoms. The highest BCUT2D eigenvalue weighted by Gasteiger charge is 2.17. The molecule has 0 aliphatic heterocycles. The van der Waals surface area contributed by atoms with Gasteiger partial charge in [-0.2, -0.15) is 0 Å². The Balaban J connectivity index is 2.26. The summed E-state index contributed by atoms with van der Waals surface area (Å²) in [6, 6.07) is 6.24. The fraction of sp³-hybridized carbons (Fsp3) is 0.176. The zero-order valence-corrected chi connectivity index (χ0v) is 13.9. The Kier molecular flexibility index (Phi) is 5.43. The summed E-state index contributed by atoms with van der Waals surface area (Å²) in [4.78, 5) is 40.9. The van der Waals surface area contributed by atoms with Gasteiger partial charge in [-0.15, -0.1) is 0 Å². The number of methoxy groups -OCH3 is 1. The third-order valence-corrected chi connectivity index (χ3v) is 3.29. The number of carbonyl (C=O) groups excluding carboxylic acids is 3. The van der Waals surface area contributed by atoms with E-state index in [9.17, 15) is 18.8 Å². The average molecular weight is 345 g/mol. The van der Waals surface area contributed by atoms with E-state index >= 15 is 0 Å². The summed E-state index contributed by atoms with van der Waals surface area (Å²) in [5.74, 6) is -2.21. The van der Waals surface area contributed by atoms with Crippen molar-refractivity contribution in [2.75, 3.05) is 26.5 Å². The fourth-order valence-electron chi connectivity index (χ4n) is 1.99. The molecule has 25 heavy (non-hydrogen) atoms. The fourth-order valence-corrected chi connectivity index (χ4v) is 1.99. The highest BCUT2D eigenvalue weighted by Crippen LogP contribution is 2.19. The van der Waals surface area contributed by atoms with E-state index in [0.717, 1.165) is 12.1 Å². The molecule has 0 radical (unpaired) electrons. The molecule has 0 aliphatic rings. The molecule has 1 heterocycles. The molecule has 1 aromatic heterocycles. The second-order valence-electron chi connectivity index (χ2n) is 5.27. The lowest BCUT2D eigenvalue weighted by atomic mass is 10.1. The number of carbonyl (C=O) groups is 3. The van der Waals surface area contributed by atoms with Gasteiger partial charge < -0.3 is 15.0 Å². The Morgan fingerprint density at radius 3 is 2.44 bits per heavy atom. The number of amides is 2. The highest BCUT2D eigenvalue weighted by molar-refractivity contribution is 6.09. The lowest BCUT2D eigenvalue weighted by Gasteiger charge is -2.15.